The molecule has 5 heteroatoms. The van der Waals surface area contributed by atoms with Crippen molar-refractivity contribution in [3.63, 3.8) is 0 Å². The Balaban J connectivity index is 1.93. The second-order valence-electron chi connectivity index (χ2n) is 5.14. The Hall–Kier alpha value is -2.69. The minimum Gasteiger partial charge on any atom is -0.493 e. The molecule has 2 rings (SSSR count). The molecule has 2 aromatic carbocycles. The van der Waals surface area contributed by atoms with E-state index in [1.54, 1.807) is 26.4 Å². The summed E-state index contributed by atoms with van der Waals surface area (Å²) in [6, 6.07) is 14.9. The van der Waals surface area contributed by atoms with Crippen LogP contribution in [0.2, 0.25) is 0 Å². The van der Waals surface area contributed by atoms with E-state index in [2.05, 4.69) is 10.6 Å². The fourth-order valence-electron chi connectivity index (χ4n) is 2.18. The van der Waals surface area contributed by atoms with E-state index in [0.29, 0.717) is 18.0 Å². The van der Waals surface area contributed by atoms with Gasteiger partial charge in [-0.3, -0.25) is 4.79 Å². The van der Waals surface area contributed by atoms with Crippen molar-refractivity contribution in [2.24, 2.45) is 0 Å². The van der Waals surface area contributed by atoms with Gasteiger partial charge in [0.05, 0.1) is 14.2 Å². The molecule has 0 aliphatic heterocycles. The molecule has 2 N–H and O–H groups in total. The number of carbonyl (C=O) groups is 1. The number of ether oxygens (including phenoxy) is 2. The lowest BCUT2D eigenvalue weighted by molar-refractivity contribution is -0.121. The summed E-state index contributed by atoms with van der Waals surface area (Å²) in [6.07, 6.45) is 0. The normalized spacial score (nSPS) is 11.4. The van der Waals surface area contributed by atoms with E-state index in [-0.39, 0.29) is 11.9 Å². The maximum absolute atomic E-state index is 12.2. The molecule has 2 aromatic rings. The van der Waals surface area contributed by atoms with Crippen LogP contribution in [-0.2, 0) is 11.3 Å². The lowest BCUT2D eigenvalue weighted by Gasteiger charge is -2.16. The monoisotopic (exact) mass is 314 g/mol. The van der Waals surface area contributed by atoms with Crippen molar-refractivity contribution in [1.82, 2.24) is 5.32 Å². The third-order valence-corrected chi connectivity index (χ3v) is 3.47. The zero-order valence-electron chi connectivity index (χ0n) is 13.6. The third kappa shape index (κ3) is 4.64. The SMILES string of the molecule is COc1ccc(NC(C)C(=O)NCc2ccccc2)cc1OC. The van der Waals surface area contributed by atoms with Crippen LogP contribution in [-0.4, -0.2) is 26.2 Å². The fraction of sp³-hybridized carbons (Fsp3) is 0.278. The largest absolute Gasteiger partial charge is 0.493 e. The van der Waals surface area contributed by atoms with E-state index in [4.69, 9.17) is 9.47 Å². The van der Waals surface area contributed by atoms with Gasteiger partial charge < -0.3 is 20.1 Å². The number of nitrogens with one attached hydrogen (secondary N) is 2. The van der Waals surface area contributed by atoms with Gasteiger partial charge in [-0.05, 0) is 24.6 Å². The van der Waals surface area contributed by atoms with Crippen LogP contribution in [0.3, 0.4) is 0 Å². The molecular weight excluding hydrogens is 292 g/mol. The Morgan fingerprint density at radius 1 is 1.04 bits per heavy atom. The van der Waals surface area contributed by atoms with Gasteiger partial charge in [-0.15, -0.1) is 0 Å². The van der Waals surface area contributed by atoms with Gasteiger partial charge in [0, 0.05) is 18.3 Å². The Morgan fingerprint density at radius 2 is 1.74 bits per heavy atom. The maximum atomic E-state index is 12.2. The van der Waals surface area contributed by atoms with Crippen LogP contribution in [0, 0.1) is 0 Å². The molecule has 1 unspecified atom stereocenters. The molecule has 1 amide bonds. The summed E-state index contributed by atoms with van der Waals surface area (Å²) in [4.78, 5) is 12.2. The summed E-state index contributed by atoms with van der Waals surface area (Å²) in [5.41, 5.74) is 1.86. The highest BCUT2D eigenvalue weighted by Crippen LogP contribution is 2.29. The van der Waals surface area contributed by atoms with Crippen LogP contribution in [0.4, 0.5) is 5.69 Å². The first-order chi connectivity index (χ1) is 11.1. The Morgan fingerprint density at radius 3 is 2.39 bits per heavy atom. The van der Waals surface area contributed by atoms with Gasteiger partial charge in [0.2, 0.25) is 5.91 Å². The maximum Gasteiger partial charge on any atom is 0.242 e. The molecular formula is C18H22N2O3. The van der Waals surface area contributed by atoms with Gasteiger partial charge in [-0.1, -0.05) is 30.3 Å². The van der Waals surface area contributed by atoms with Gasteiger partial charge in [0.15, 0.2) is 11.5 Å². The second-order valence-corrected chi connectivity index (χ2v) is 5.14. The summed E-state index contributed by atoms with van der Waals surface area (Å²) in [7, 11) is 3.17. The quantitative estimate of drug-likeness (QED) is 0.825. The Kier molecular flexibility index (Phi) is 5.86. The number of rotatable bonds is 7. The van der Waals surface area contributed by atoms with Gasteiger partial charge >= 0.3 is 0 Å². The van der Waals surface area contributed by atoms with Crippen LogP contribution in [0.1, 0.15) is 12.5 Å². The first-order valence-electron chi connectivity index (χ1n) is 7.44. The molecule has 0 fully saturated rings. The zero-order chi connectivity index (χ0) is 16.7. The van der Waals surface area contributed by atoms with Crippen molar-refractivity contribution in [3.8, 4) is 11.5 Å². The summed E-state index contributed by atoms with van der Waals surface area (Å²) < 4.78 is 10.5. The molecule has 0 radical (unpaired) electrons. The van der Waals surface area contributed by atoms with Crippen LogP contribution >= 0.6 is 0 Å². The smallest absolute Gasteiger partial charge is 0.242 e. The van der Waals surface area contributed by atoms with E-state index in [1.807, 2.05) is 43.3 Å². The van der Waals surface area contributed by atoms with Gasteiger partial charge in [-0.25, -0.2) is 0 Å². The molecule has 5 nitrogen and oxygen atoms in total. The highest BCUT2D eigenvalue weighted by atomic mass is 16.5. The molecule has 0 spiro atoms. The summed E-state index contributed by atoms with van der Waals surface area (Å²) in [5, 5.41) is 6.07. The lowest BCUT2D eigenvalue weighted by atomic mass is 10.2. The van der Waals surface area contributed by atoms with E-state index < -0.39 is 0 Å². The van der Waals surface area contributed by atoms with Crippen molar-refractivity contribution < 1.29 is 14.3 Å². The van der Waals surface area contributed by atoms with Crippen LogP contribution < -0.4 is 20.1 Å². The van der Waals surface area contributed by atoms with Crippen molar-refractivity contribution >= 4 is 11.6 Å². The minimum absolute atomic E-state index is 0.0661. The highest BCUT2D eigenvalue weighted by Gasteiger charge is 2.13. The Labute approximate surface area is 136 Å². The highest BCUT2D eigenvalue weighted by molar-refractivity contribution is 5.84. The number of hydrogen-bond acceptors (Lipinski definition) is 4. The standard InChI is InChI=1S/C18H22N2O3/c1-13(18(21)19-12-14-7-5-4-6-8-14)20-15-9-10-16(22-2)17(11-15)23-3/h4-11,13,20H,12H2,1-3H3,(H,19,21). The minimum atomic E-state index is -0.364. The first-order valence-corrected chi connectivity index (χ1v) is 7.44. The number of anilines is 1. The molecule has 0 aromatic heterocycles. The topological polar surface area (TPSA) is 59.6 Å². The molecule has 23 heavy (non-hydrogen) atoms. The number of benzene rings is 2. The molecule has 0 saturated heterocycles. The lowest BCUT2D eigenvalue weighted by Crippen LogP contribution is -2.37. The predicted octanol–water partition coefficient (Wildman–Crippen LogP) is 2.82. The molecule has 0 heterocycles. The Bertz CT molecular complexity index is 644. The van der Waals surface area contributed by atoms with Crippen LogP contribution in [0.25, 0.3) is 0 Å². The van der Waals surface area contributed by atoms with Gasteiger partial charge in [0.1, 0.15) is 6.04 Å². The average molecular weight is 314 g/mol. The van der Waals surface area contributed by atoms with Gasteiger partial charge in [0.25, 0.3) is 0 Å². The molecule has 122 valence electrons. The molecule has 0 saturated carbocycles. The molecule has 0 aliphatic carbocycles. The number of methoxy groups -OCH3 is 2. The van der Waals surface area contributed by atoms with E-state index in [1.165, 1.54) is 0 Å². The van der Waals surface area contributed by atoms with Crippen LogP contribution in [0.5, 0.6) is 11.5 Å². The zero-order valence-corrected chi connectivity index (χ0v) is 13.6. The van der Waals surface area contributed by atoms with Crippen molar-refractivity contribution in [1.29, 1.82) is 0 Å². The summed E-state index contributed by atoms with van der Waals surface area (Å²) >= 11 is 0. The number of hydrogen-bond donors (Lipinski definition) is 2. The summed E-state index contributed by atoms with van der Waals surface area (Å²) in [6.45, 7) is 2.33. The van der Waals surface area contributed by atoms with Crippen molar-refractivity contribution in [2.45, 2.75) is 19.5 Å². The average Bonchev–Trinajstić information content (AvgIpc) is 2.60. The van der Waals surface area contributed by atoms with E-state index in [9.17, 15) is 4.79 Å². The van der Waals surface area contributed by atoms with Crippen molar-refractivity contribution in [2.75, 3.05) is 19.5 Å². The summed E-state index contributed by atoms with van der Waals surface area (Å²) in [5.74, 6) is 1.21. The van der Waals surface area contributed by atoms with Gasteiger partial charge in [-0.2, -0.15) is 0 Å². The fourth-order valence-corrected chi connectivity index (χ4v) is 2.18. The number of amides is 1. The van der Waals surface area contributed by atoms with Crippen LogP contribution in [0.15, 0.2) is 48.5 Å². The molecule has 0 aliphatic rings. The van der Waals surface area contributed by atoms with Crippen molar-refractivity contribution in [3.05, 3.63) is 54.1 Å². The first kappa shape index (κ1) is 16.7. The molecule has 0 bridgehead atoms. The number of carbonyl (C=O) groups excluding carboxylic acids is 1. The van der Waals surface area contributed by atoms with E-state index >= 15 is 0 Å². The third-order valence-electron chi connectivity index (χ3n) is 3.47. The molecule has 1 atom stereocenters. The second kappa shape index (κ2) is 8.08. The predicted molar refractivity (Wildman–Crippen MR) is 90.9 cm³/mol. The van der Waals surface area contributed by atoms with E-state index in [0.717, 1.165) is 11.3 Å².